The van der Waals surface area contributed by atoms with Crippen molar-refractivity contribution >= 4 is 11.9 Å². The Balaban J connectivity index is 0.000000360. The van der Waals surface area contributed by atoms with Crippen LogP contribution in [-0.2, 0) is 24.4 Å². The summed E-state index contributed by atoms with van der Waals surface area (Å²) < 4.78 is 35.3. The molecule has 2 N–H and O–H groups in total. The fraction of sp³-hybridized carbons (Fsp3) is 0.316. The zero-order valence-corrected chi connectivity index (χ0v) is 16.6. The molecule has 0 saturated carbocycles. The van der Waals surface area contributed by atoms with Crippen molar-refractivity contribution in [2.45, 2.75) is 32.2 Å². The zero-order chi connectivity index (χ0) is 23.3. The van der Waals surface area contributed by atoms with Gasteiger partial charge in [-0.2, -0.15) is 13.2 Å². The highest BCUT2D eigenvalue weighted by Crippen LogP contribution is 2.14. The first-order valence-corrected chi connectivity index (χ1v) is 9.43. The molecule has 13 heteroatoms. The summed E-state index contributed by atoms with van der Waals surface area (Å²) in [5.41, 5.74) is 1.14. The van der Waals surface area contributed by atoms with Crippen LogP contribution in [0.25, 0.3) is 0 Å². The average Bonchev–Trinajstić information content (AvgIpc) is 3.38. The lowest BCUT2D eigenvalue weighted by Crippen LogP contribution is -2.32. The van der Waals surface area contributed by atoms with Crippen molar-refractivity contribution in [3.8, 4) is 0 Å². The number of carbonyl (C=O) groups is 2. The summed E-state index contributed by atoms with van der Waals surface area (Å²) in [5.74, 6) is -2.21. The van der Waals surface area contributed by atoms with Crippen molar-refractivity contribution < 1.29 is 27.9 Å². The van der Waals surface area contributed by atoms with E-state index in [1.54, 1.807) is 46.4 Å². The van der Waals surface area contributed by atoms with E-state index in [1.807, 2.05) is 10.8 Å². The van der Waals surface area contributed by atoms with Crippen LogP contribution in [0, 0.1) is 0 Å². The van der Waals surface area contributed by atoms with Gasteiger partial charge in [0.1, 0.15) is 11.5 Å². The molecule has 1 aliphatic heterocycles. The molecule has 4 rings (SSSR count). The number of fused-ring (bicyclic) bond motifs is 1. The van der Waals surface area contributed by atoms with Crippen LogP contribution < -0.4 is 5.56 Å². The maximum absolute atomic E-state index is 12.6. The molecule has 1 aliphatic rings. The molecule has 1 amide bonds. The fourth-order valence-corrected chi connectivity index (χ4v) is 3.09. The van der Waals surface area contributed by atoms with Gasteiger partial charge in [0, 0.05) is 37.7 Å². The second kappa shape index (κ2) is 9.49. The largest absolute Gasteiger partial charge is 0.490 e. The number of aromatic amines is 1. The highest BCUT2D eigenvalue weighted by molar-refractivity contribution is 5.92. The highest BCUT2D eigenvalue weighted by Gasteiger charge is 2.38. The Morgan fingerprint density at radius 3 is 2.59 bits per heavy atom. The number of alkyl halides is 3. The van der Waals surface area contributed by atoms with Crippen molar-refractivity contribution in [3.05, 3.63) is 70.7 Å². The van der Waals surface area contributed by atoms with Gasteiger partial charge >= 0.3 is 12.1 Å². The van der Waals surface area contributed by atoms with Crippen molar-refractivity contribution in [3.63, 3.8) is 0 Å². The van der Waals surface area contributed by atoms with Crippen LogP contribution in [0.2, 0.25) is 0 Å². The second-order valence-electron chi connectivity index (χ2n) is 6.86. The molecule has 0 spiro atoms. The molecule has 3 aromatic heterocycles. The SMILES string of the molecule is O=C(O)C(F)(F)F.O=C(c1ccc[nH]1)N1CCCn2c(nc(Cn3ccnc3)cc2=O)C1. The Hall–Kier alpha value is -3.90. The molecular formula is C19H19F3N6O4. The third-order valence-corrected chi connectivity index (χ3v) is 4.54. The van der Waals surface area contributed by atoms with E-state index in [4.69, 9.17) is 9.90 Å². The van der Waals surface area contributed by atoms with E-state index in [2.05, 4.69) is 15.0 Å². The molecule has 10 nitrogen and oxygen atoms in total. The number of carbonyl (C=O) groups excluding carboxylic acids is 1. The lowest BCUT2D eigenvalue weighted by molar-refractivity contribution is -0.192. The van der Waals surface area contributed by atoms with E-state index < -0.39 is 12.1 Å². The first-order chi connectivity index (χ1) is 15.1. The van der Waals surface area contributed by atoms with E-state index in [0.717, 1.165) is 6.42 Å². The number of H-pyrrole nitrogens is 1. The van der Waals surface area contributed by atoms with E-state index >= 15 is 0 Å². The number of hydrogen-bond donors (Lipinski definition) is 2. The molecular weight excluding hydrogens is 433 g/mol. The first kappa shape index (κ1) is 22.8. The Morgan fingerprint density at radius 2 is 2.00 bits per heavy atom. The normalized spacial score (nSPS) is 13.5. The zero-order valence-electron chi connectivity index (χ0n) is 16.6. The number of halogens is 3. The van der Waals surface area contributed by atoms with Crippen LogP contribution in [0.15, 0.2) is 47.9 Å². The molecule has 0 aliphatic carbocycles. The van der Waals surface area contributed by atoms with Crippen LogP contribution in [0.3, 0.4) is 0 Å². The molecule has 3 aromatic rings. The standard InChI is InChI=1S/C17H18N6O2.C2HF3O2/c24-16-9-13(10-21-8-5-18-12-21)20-15-11-22(6-2-7-23(15)16)17(25)14-3-1-4-19-14;3-2(4,5)1(6)7/h1,3-5,8-9,12,19H,2,6-7,10-11H2;(H,6,7). The number of carboxylic acids is 1. The predicted octanol–water partition coefficient (Wildman–Crippen LogP) is 1.50. The minimum atomic E-state index is -5.08. The summed E-state index contributed by atoms with van der Waals surface area (Å²) in [6.07, 6.45) is 2.57. The number of nitrogens with one attached hydrogen (secondary N) is 1. The summed E-state index contributed by atoms with van der Waals surface area (Å²) in [5, 5.41) is 7.12. The third-order valence-electron chi connectivity index (χ3n) is 4.54. The molecule has 0 bridgehead atoms. The topological polar surface area (TPSA) is 126 Å². The number of rotatable bonds is 3. The van der Waals surface area contributed by atoms with E-state index in [-0.39, 0.29) is 11.5 Å². The molecule has 0 atom stereocenters. The quantitative estimate of drug-likeness (QED) is 0.620. The molecule has 170 valence electrons. The number of nitrogens with zero attached hydrogens (tertiary/aromatic N) is 5. The lowest BCUT2D eigenvalue weighted by atomic mass is 10.3. The summed E-state index contributed by atoms with van der Waals surface area (Å²) in [6.45, 7) is 1.97. The minimum absolute atomic E-state index is 0.0747. The van der Waals surface area contributed by atoms with Gasteiger partial charge in [0.15, 0.2) is 0 Å². The number of carboxylic acid groups (broad SMARTS) is 1. The molecule has 0 fully saturated rings. The molecule has 4 heterocycles. The van der Waals surface area contributed by atoms with E-state index in [0.29, 0.717) is 43.4 Å². The van der Waals surface area contributed by atoms with Crippen molar-refractivity contribution in [2.24, 2.45) is 0 Å². The van der Waals surface area contributed by atoms with Gasteiger partial charge in [0.05, 0.1) is 25.1 Å². The summed E-state index contributed by atoms with van der Waals surface area (Å²) >= 11 is 0. The van der Waals surface area contributed by atoms with Crippen molar-refractivity contribution in [2.75, 3.05) is 6.54 Å². The van der Waals surface area contributed by atoms with Crippen molar-refractivity contribution in [1.29, 1.82) is 0 Å². The monoisotopic (exact) mass is 452 g/mol. The number of aliphatic carboxylic acids is 1. The maximum atomic E-state index is 12.6. The summed E-state index contributed by atoms with van der Waals surface area (Å²) in [7, 11) is 0. The molecule has 32 heavy (non-hydrogen) atoms. The van der Waals surface area contributed by atoms with Crippen LogP contribution in [-0.4, -0.2) is 58.7 Å². The molecule has 0 unspecified atom stereocenters. The summed E-state index contributed by atoms with van der Waals surface area (Å²) in [6, 6.07) is 5.11. The predicted molar refractivity (Wildman–Crippen MR) is 104 cm³/mol. The van der Waals surface area contributed by atoms with E-state index in [1.165, 1.54) is 0 Å². The minimum Gasteiger partial charge on any atom is -0.475 e. The smallest absolute Gasteiger partial charge is 0.475 e. The Kier molecular flexibility index (Phi) is 6.76. The second-order valence-corrected chi connectivity index (χ2v) is 6.86. The van der Waals surface area contributed by atoms with Gasteiger partial charge in [-0.15, -0.1) is 0 Å². The lowest BCUT2D eigenvalue weighted by Gasteiger charge is -2.19. The number of aromatic nitrogens is 5. The van der Waals surface area contributed by atoms with Crippen LogP contribution in [0.5, 0.6) is 0 Å². The van der Waals surface area contributed by atoms with Gasteiger partial charge in [0.2, 0.25) is 0 Å². The van der Waals surface area contributed by atoms with Crippen molar-refractivity contribution in [1.82, 2.24) is 29.0 Å². The number of imidazole rings is 1. The van der Waals surface area contributed by atoms with Crippen LogP contribution >= 0.6 is 0 Å². The van der Waals surface area contributed by atoms with Gasteiger partial charge in [-0.1, -0.05) is 0 Å². The Labute approximate surface area is 178 Å². The van der Waals surface area contributed by atoms with Crippen LogP contribution in [0.1, 0.15) is 28.4 Å². The fourth-order valence-electron chi connectivity index (χ4n) is 3.09. The first-order valence-electron chi connectivity index (χ1n) is 9.43. The molecule has 0 aromatic carbocycles. The average molecular weight is 452 g/mol. The maximum Gasteiger partial charge on any atom is 0.490 e. The Bertz CT molecular complexity index is 1120. The van der Waals surface area contributed by atoms with Gasteiger partial charge in [-0.25, -0.2) is 14.8 Å². The Morgan fingerprint density at radius 1 is 1.25 bits per heavy atom. The summed E-state index contributed by atoms with van der Waals surface area (Å²) in [4.78, 5) is 47.3. The highest BCUT2D eigenvalue weighted by atomic mass is 19.4. The van der Waals surface area contributed by atoms with Crippen LogP contribution in [0.4, 0.5) is 13.2 Å². The van der Waals surface area contributed by atoms with E-state index in [9.17, 15) is 22.8 Å². The van der Waals surface area contributed by atoms with Gasteiger partial charge in [-0.3, -0.25) is 14.2 Å². The molecule has 0 radical (unpaired) electrons. The number of amides is 1. The van der Waals surface area contributed by atoms with Gasteiger partial charge < -0.3 is 19.6 Å². The number of hydrogen-bond acceptors (Lipinski definition) is 5. The van der Waals surface area contributed by atoms with Gasteiger partial charge in [-0.05, 0) is 18.6 Å². The third kappa shape index (κ3) is 5.62. The molecule has 0 saturated heterocycles. The van der Waals surface area contributed by atoms with Gasteiger partial charge in [0.25, 0.3) is 11.5 Å².